The highest BCUT2D eigenvalue weighted by molar-refractivity contribution is 5.77. The Morgan fingerprint density at radius 3 is 2.93 bits per heavy atom. The molecule has 0 fully saturated rings. The molecule has 0 saturated heterocycles. The van der Waals surface area contributed by atoms with Crippen molar-refractivity contribution in [1.29, 1.82) is 0 Å². The van der Waals surface area contributed by atoms with E-state index in [9.17, 15) is 9.59 Å². The Labute approximate surface area is 85.1 Å². The van der Waals surface area contributed by atoms with Gasteiger partial charge < -0.3 is 9.15 Å². The van der Waals surface area contributed by atoms with Crippen molar-refractivity contribution in [2.45, 2.75) is 0 Å². The van der Waals surface area contributed by atoms with Crippen LogP contribution in [0.3, 0.4) is 0 Å². The summed E-state index contributed by atoms with van der Waals surface area (Å²) in [4.78, 5) is 21.4. The fraction of sp³-hybridized carbons (Fsp3) is 0.0909. The molecule has 0 N–H and O–H groups in total. The van der Waals surface area contributed by atoms with Crippen LogP contribution in [0.5, 0.6) is 5.75 Å². The maximum absolute atomic E-state index is 11.3. The molecular formula is C11H8O4. The van der Waals surface area contributed by atoms with Crippen molar-refractivity contribution in [3.63, 3.8) is 0 Å². The first kappa shape index (κ1) is 9.45. The molecule has 0 aliphatic rings. The molecule has 0 spiro atoms. The Balaban J connectivity index is 2.52. The van der Waals surface area contributed by atoms with E-state index in [-0.39, 0.29) is 12.4 Å². The highest BCUT2D eigenvalue weighted by Gasteiger charge is 2.04. The van der Waals surface area contributed by atoms with Gasteiger partial charge in [-0.2, -0.15) is 0 Å². The molecule has 0 unspecified atom stereocenters. The second kappa shape index (κ2) is 3.96. The summed E-state index contributed by atoms with van der Waals surface area (Å²) < 4.78 is 9.91. The van der Waals surface area contributed by atoms with Crippen LogP contribution in [0.1, 0.15) is 0 Å². The Bertz CT molecular complexity index is 542. The van der Waals surface area contributed by atoms with Gasteiger partial charge in [-0.15, -0.1) is 0 Å². The number of aldehydes is 1. The summed E-state index contributed by atoms with van der Waals surface area (Å²) in [6, 6.07) is 8.65. The monoisotopic (exact) mass is 204 g/mol. The van der Waals surface area contributed by atoms with Crippen molar-refractivity contribution in [2.24, 2.45) is 0 Å². The molecular weight excluding hydrogens is 196 g/mol. The van der Waals surface area contributed by atoms with Crippen LogP contribution < -0.4 is 10.4 Å². The SMILES string of the molecule is O=CCOc1cc2ccccc2oc1=O. The van der Waals surface area contributed by atoms with E-state index in [1.807, 2.05) is 6.07 Å². The van der Waals surface area contributed by atoms with E-state index in [4.69, 9.17) is 9.15 Å². The normalized spacial score (nSPS) is 10.1. The zero-order chi connectivity index (χ0) is 10.7. The number of carbonyl (C=O) groups is 1. The minimum atomic E-state index is -0.574. The second-order valence-corrected chi connectivity index (χ2v) is 2.91. The van der Waals surface area contributed by atoms with Crippen molar-refractivity contribution in [3.05, 3.63) is 40.8 Å². The van der Waals surface area contributed by atoms with Crippen molar-refractivity contribution in [1.82, 2.24) is 0 Å². The molecule has 1 aromatic heterocycles. The zero-order valence-electron chi connectivity index (χ0n) is 7.80. The van der Waals surface area contributed by atoms with E-state index in [1.165, 1.54) is 0 Å². The molecule has 4 nitrogen and oxygen atoms in total. The molecule has 2 aromatic rings. The third-order valence-corrected chi connectivity index (χ3v) is 1.92. The van der Waals surface area contributed by atoms with Crippen molar-refractivity contribution in [3.8, 4) is 5.75 Å². The number of benzene rings is 1. The number of fused-ring (bicyclic) bond motifs is 1. The minimum absolute atomic E-state index is 0.0563. The summed E-state index contributed by atoms with van der Waals surface area (Å²) in [5.74, 6) is 0.0563. The molecule has 1 heterocycles. The molecule has 0 aliphatic carbocycles. The van der Waals surface area contributed by atoms with E-state index in [2.05, 4.69) is 0 Å². The fourth-order valence-electron chi connectivity index (χ4n) is 1.27. The fourth-order valence-corrected chi connectivity index (χ4v) is 1.27. The largest absolute Gasteiger partial charge is 0.479 e. The maximum atomic E-state index is 11.3. The smallest absolute Gasteiger partial charge is 0.379 e. The Morgan fingerprint density at radius 2 is 2.13 bits per heavy atom. The van der Waals surface area contributed by atoms with Gasteiger partial charge in [-0.25, -0.2) is 4.79 Å². The van der Waals surface area contributed by atoms with Gasteiger partial charge in [-0.3, -0.25) is 4.79 Å². The lowest BCUT2D eigenvalue weighted by Gasteiger charge is -2.01. The molecule has 0 aliphatic heterocycles. The average Bonchev–Trinajstić information content (AvgIpc) is 2.26. The standard InChI is InChI=1S/C11H8O4/c12-5-6-14-10-7-8-3-1-2-4-9(8)15-11(10)13/h1-5,7H,6H2. The van der Waals surface area contributed by atoms with Gasteiger partial charge >= 0.3 is 5.63 Å². The van der Waals surface area contributed by atoms with Gasteiger partial charge in [-0.05, 0) is 12.1 Å². The molecule has 4 heteroatoms. The number of carbonyl (C=O) groups excluding carboxylic acids is 1. The molecule has 0 amide bonds. The predicted octanol–water partition coefficient (Wildman–Crippen LogP) is 1.37. The summed E-state index contributed by atoms with van der Waals surface area (Å²) in [6.45, 7) is -0.150. The summed E-state index contributed by atoms with van der Waals surface area (Å²) in [7, 11) is 0. The van der Waals surface area contributed by atoms with E-state index in [0.29, 0.717) is 11.9 Å². The van der Waals surface area contributed by atoms with Crippen LogP contribution >= 0.6 is 0 Å². The Hall–Kier alpha value is -2.10. The molecule has 2 rings (SSSR count). The van der Waals surface area contributed by atoms with Gasteiger partial charge in [0.1, 0.15) is 12.2 Å². The lowest BCUT2D eigenvalue weighted by molar-refractivity contribution is -0.109. The molecule has 0 radical (unpaired) electrons. The Kier molecular flexibility index (Phi) is 2.49. The highest BCUT2D eigenvalue weighted by Crippen LogP contribution is 2.15. The molecule has 0 atom stereocenters. The summed E-state index contributed by atoms with van der Waals surface area (Å²) in [5, 5.41) is 0.762. The lowest BCUT2D eigenvalue weighted by Crippen LogP contribution is -2.08. The van der Waals surface area contributed by atoms with Crippen LogP contribution in [0.2, 0.25) is 0 Å². The molecule has 0 saturated carbocycles. The summed E-state index contributed by atoms with van der Waals surface area (Å²) in [6.07, 6.45) is 0.578. The number of para-hydroxylation sites is 1. The predicted molar refractivity (Wildman–Crippen MR) is 54.0 cm³/mol. The summed E-state index contributed by atoms with van der Waals surface area (Å²) in [5.41, 5.74) is -0.0727. The topological polar surface area (TPSA) is 56.5 Å². The minimum Gasteiger partial charge on any atom is -0.479 e. The highest BCUT2D eigenvalue weighted by atomic mass is 16.5. The van der Waals surface area contributed by atoms with Crippen LogP contribution in [0, 0.1) is 0 Å². The molecule has 76 valence electrons. The van der Waals surface area contributed by atoms with Gasteiger partial charge in [0.2, 0.25) is 5.75 Å². The molecule has 15 heavy (non-hydrogen) atoms. The lowest BCUT2D eigenvalue weighted by atomic mass is 10.2. The summed E-state index contributed by atoms with van der Waals surface area (Å²) >= 11 is 0. The number of hydrogen-bond acceptors (Lipinski definition) is 4. The number of hydrogen-bond donors (Lipinski definition) is 0. The van der Waals surface area contributed by atoms with E-state index in [0.717, 1.165) is 5.39 Å². The van der Waals surface area contributed by atoms with Gasteiger partial charge in [0, 0.05) is 5.39 Å². The number of ether oxygens (including phenoxy) is 1. The van der Waals surface area contributed by atoms with E-state index >= 15 is 0 Å². The molecule has 1 aromatic carbocycles. The molecule has 0 bridgehead atoms. The van der Waals surface area contributed by atoms with Crippen LogP contribution in [0.4, 0.5) is 0 Å². The third kappa shape index (κ3) is 1.88. The van der Waals surface area contributed by atoms with Crippen LogP contribution in [0.25, 0.3) is 11.0 Å². The van der Waals surface area contributed by atoms with Crippen LogP contribution in [-0.4, -0.2) is 12.9 Å². The third-order valence-electron chi connectivity index (χ3n) is 1.92. The second-order valence-electron chi connectivity index (χ2n) is 2.91. The van der Waals surface area contributed by atoms with Gasteiger partial charge in [0.25, 0.3) is 0 Å². The van der Waals surface area contributed by atoms with Gasteiger partial charge in [0.05, 0.1) is 0 Å². The van der Waals surface area contributed by atoms with Crippen molar-refractivity contribution in [2.75, 3.05) is 6.61 Å². The first-order valence-electron chi connectivity index (χ1n) is 4.40. The van der Waals surface area contributed by atoms with Crippen molar-refractivity contribution < 1.29 is 13.9 Å². The van der Waals surface area contributed by atoms with Crippen molar-refractivity contribution >= 4 is 17.3 Å². The van der Waals surface area contributed by atoms with E-state index < -0.39 is 5.63 Å². The zero-order valence-corrected chi connectivity index (χ0v) is 7.80. The van der Waals surface area contributed by atoms with Gasteiger partial charge in [-0.1, -0.05) is 18.2 Å². The van der Waals surface area contributed by atoms with Gasteiger partial charge in [0.15, 0.2) is 6.29 Å². The maximum Gasteiger partial charge on any atom is 0.379 e. The van der Waals surface area contributed by atoms with Crippen LogP contribution in [0.15, 0.2) is 39.5 Å². The first-order valence-corrected chi connectivity index (χ1v) is 4.40. The quantitative estimate of drug-likeness (QED) is 0.559. The van der Waals surface area contributed by atoms with E-state index in [1.54, 1.807) is 24.3 Å². The number of rotatable bonds is 3. The first-order chi connectivity index (χ1) is 7.31. The Morgan fingerprint density at radius 1 is 1.33 bits per heavy atom. The average molecular weight is 204 g/mol. The van der Waals surface area contributed by atoms with Crippen LogP contribution in [-0.2, 0) is 4.79 Å².